The van der Waals surface area contributed by atoms with Crippen LogP contribution in [0.15, 0.2) is 54.6 Å². The lowest BCUT2D eigenvalue weighted by molar-refractivity contribution is -0.116. The number of hydrogen-bond acceptors (Lipinski definition) is 3. The maximum Gasteiger partial charge on any atom is 0.224 e. The summed E-state index contributed by atoms with van der Waals surface area (Å²) in [6, 6.07) is 16.4. The van der Waals surface area contributed by atoms with E-state index in [4.69, 9.17) is 4.74 Å². The number of anilines is 1. The molecule has 0 bridgehead atoms. The fourth-order valence-corrected chi connectivity index (χ4v) is 1.98. The smallest absolute Gasteiger partial charge is 0.224 e. The fraction of sp³-hybridized carbons (Fsp3) is 0.222. The molecule has 0 radical (unpaired) electrons. The number of amides is 1. The van der Waals surface area contributed by atoms with Crippen LogP contribution in [0.5, 0.6) is 5.75 Å². The van der Waals surface area contributed by atoms with Gasteiger partial charge in [0.25, 0.3) is 0 Å². The molecule has 1 amide bonds. The number of Topliss-reactive ketones (excluding diaryl/α,β-unsaturated/α-hetero) is 1. The van der Waals surface area contributed by atoms with E-state index in [0.717, 1.165) is 5.75 Å². The highest BCUT2D eigenvalue weighted by Gasteiger charge is 2.05. The molecule has 0 atom stereocenters. The molecule has 0 spiro atoms. The van der Waals surface area contributed by atoms with Gasteiger partial charge in [0.1, 0.15) is 5.75 Å². The minimum Gasteiger partial charge on any atom is -0.494 e. The standard InChI is InChI=1S/C18H19NO3/c1-14(20)15-7-5-8-16(13-15)19-18(21)11-6-12-22-17-9-3-2-4-10-17/h2-5,7-10,13H,6,11-12H2,1H3,(H,19,21). The van der Waals surface area contributed by atoms with Crippen molar-refractivity contribution in [2.24, 2.45) is 0 Å². The third-order valence-electron chi connectivity index (χ3n) is 3.11. The van der Waals surface area contributed by atoms with Crippen molar-refractivity contribution in [3.63, 3.8) is 0 Å². The van der Waals surface area contributed by atoms with E-state index in [1.54, 1.807) is 24.3 Å². The van der Waals surface area contributed by atoms with Gasteiger partial charge in [-0.25, -0.2) is 0 Å². The summed E-state index contributed by atoms with van der Waals surface area (Å²) in [5.74, 6) is 0.696. The van der Waals surface area contributed by atoms with Crippen LogP contribution >= 0.6 is 0 Å². The Morgan fingerprint density at radius 3 is 2.55 bits per heavy atom. The average molecular weight is 297 g/mol. The van der Waals surface area contributed by atoms with Crippen molar-refractivity contribution >= 4 is 17.4 Å². The summed E-state index contributed by atoms with van der Waals surface area (Å²) in [5, 5.41) is 2.79. The van der Waals surface area contributed by atoms with E-state index in [0.29, 0.717) is 30.7 Å². The number of carbonyl (C=O) groups is 2. The van der Waals surface area contributed by atoms with Crippen molar-refractivity contribution in [1.29, 1.82) is 0 Å². The van der Waals surface area contributed by atoms with E-state index < -0.39 is 0 Å². The lowest BCUT2D eigenvalue weighted by Gasteiger charge is -2.07. The Morgan fingerprint density at radius 2 is 1.82 bits per heavy atom. The van der Waals surface area contributed by atoms with Gasteiger partial charge in [-0.1, -0.05) is 30.3 Å². The minimum atomic E-state index is -0.0858. The Hall–Kier alpha value is -2.62. The van der Waals surface area contributed by atoms with Crippen LogP contribution in [0.1, 0.15) is 30.1 Å². The molecule has 2 aromatic rings. The Kier molecular flexibility index (Phi) is 5.72. The van der Waals surface area contributed by atoms with Gasteiger partial charge < -0.3 is 10.1 Å². The van der Waals surface area contributed by atoms with Crippen LogP contribution in [0.2, 0.25) is 0 Å². The second-order valence-corrected chi connectivity index (χ2v) is 4.95. The highest BCUT2D eigenvalue weighted by Crippen LogP contribution is 2.12. The number of rotatable bonds is 7. The van der Waals surface area contributed by atoms with Gasteiger partial charge in [-0.15, -0.1) is 0 Å². The molecule has 1 N–H and O–H groups in total. The molecule has 4 heteroatoms. The first kappa shape index (κ1) is 15.8. The van der Waals surface area contributed by atoms with E-state index in [-0.39, 0.29) is 11.7 Å². The largest absolute Gasteiger partial charge is 0.494 e. The van der Waals surface area contributed by atoms with Gasteiger partial charge in [-0.3, -0.25) is 9.59 Å². The summed E-state index contributed by atoms with van der Waals surface area (Å²) < 4.78 is 5.53. The number of benzene rings is 2. The third-order valence-corrected chi connectivity index (χ3v) is 3.11. The summed E-state index contributed by atoms with van der Waals surface area (Å²) in [6.07, 6.45) is 1.00. The average Bonchev–Trinajstić information content (AvgIpc) is 2.53. The molecule has 0 fully saturated rings. The van der Waals surface area contributed by atoms with Crippen molar-refractivity contribution in [3.05, 3.63) is 60.2 Å². The summed E-state index contributed by atoms with van der Waals surface area (Å²) in [5.41, 5.74) is 1.23. The Bertz CT molecular complexity index is 638. The molecule has 22 heavy (non-hydrogen) atoms. The Morgan fingerprint density at radius 1 is 1.05 bits per heavy atom. The van der Waals surface area contributed by atoms with Gasteiger partial charge in [0.15, 0.2) is 5.78 Å². The first-order valence-corrected chi connectivity index (χ1v) is 7.24. The zero-order valence-electron chi connectivity index (χ0n) is 12.5. The van der Waals surface area contributed by atoms with Crippen LogP contribution in [0.3, 0.4) is 0 Å². The second-order valence-electron chi connectivity index (χ2n) is 4.95. The van der Waals surface area contributed by atoms with Crippen molar-refractivity contribution in [2.45, 2.75) is 19.8 Å². The molecule has 0 aliphatic heterocycles. The second kappa shape index (κ2) is 7.98. The van der Waals surface area contributed by atoms with E-state index in [1.807, 2.05) is 30.3 Å². The molecule has 0 saturated heterocycles. The Balaban J connectivity index is 1.74. The van der Waals surface area contributed by atoms with Crippen LogP contribution in [0, 0.1) is 0 Å². The quantitative estimate of drug-likeness (QED) is 0.626. The van der Waals surface area contributed by atoms with Crippen LogP contribution < -0.4 is 10.1 Å². The van der Waals surface area contributed by atoms with Crippen molar-refractivity contribution in [1.82, 2.24) is 0 Å². The van der Waals surface area contributed by atoms with E-state index in [2.05, 4.69) is 5.32 Å². The van der Waals surface area contributed by atoms with Gasteiger partial charge in [0.2, 0.25) is 5.91 Å². The molecular formula is C18H19NO3. The number of para-hydroxylation sites is 1. The van der Waals surface area contributed by atoms with Crippen LogP contribution in [-0.2, 0) is 4.79 Å². The van der Waals surface area contributed by atoms with Crippen LogP contribution in [0.4, 0.5) is 5.69 Å². The molecular weight excluding hydrogens is 278 g/mol. The number of ketones is 1. The van der Waals surface area contributed by atoms with E-state index in [9.17, 15) is 9.59 Å². The van der Waals surface area contributed by atoms with Crippen molar-refractivity contribution in [2.75, 3.05) is 11.9 Å². The lowest BCUT2D eigenvalue weighted by Crippen LogP contribution is -2.13. The number of hydrogen-bond donors (Lipinski definition) is 1. The number of ether oxygens (including phenoxy) is 1. The third kappa shape index (κ3) is 5.05. The van der Waals surface area contributed by atoms with E-state index in [1.165, 1.54) is 6.92 Å². The van der Waals surface area contributed by atoms with Gasteiger partial charge in [-0.05, 0) is 37.6 Å². The molecule has 114 valence electrons. The topological polar surface area (TPSA) is 55.4 Å². The molecule has 0 unspecified atom stereocenters. The molecule has 0 saturated carbocycles. The summed E-state index contributed by atoms with van der Waals surface area (Å²) in [6.45, 7) is 1.99. The highest BCUT2D eigenvalue weighted by molar-refractivity contribution is 5.97. The summed E-state index contributed by atoms with van der Waals surface area (Å²) in [4.78, 5) is 23.2. The Labute approximate surface area is 130 Å². The molecule has 4 nitrogen and oxygen atoms in total. The maximum atomic E-state index is 11.9. The first-order valence-electron chi connectivity index (χ1n) is 7.24. The minimum absolute atomic E-state index is 0.0210. The normalized spacial score (nSPS) is 10.0. The highest BCUT2D eigenvalue weighted by atomic mass is 16.5. The predicted molar refractivity (Wildman–Crippen MR) is 86.2 cm³/mol. The maximum absolute atomic E-state index is 11.9. The molecule has 2 aromatic carbocycles. The predicted octanol–water partition coefficient (Wildman–Crippen LogP) is 3.69. The zero-order valence-corrected chi connectivity index (χ0v) is 12.5. The number of nitrogens with one attached hydrogen (secondary N) is 1. The molecule has 0 heterocycles. The lowest BCUT2D eigenvalue weighted by atomic mass is 10.1. The van der Waals surface area contributed by atoms with Crippen LogP contribution in [0.25, 0.3) is 0 Å². The molecule has 0 aliphatic rings. The van der Waals surface area contributed by atoms with Crippen molar-refractivity contribution in [3.8, 4) is 5.75 Å². The van der Waals surface area contributed by atoms with Gasteiger partial charge in [-0.2, -0.15) is 0 Å². The molecule has 0 aliphatic carbocycles. The SMILES string of the molecule is CC(=O)c1cccc(NC(=O)CCCOc2ccccc2)c1. The monoisotopic (exact) mass is 297 g/mol. The molecule has 2 rings (SSSR count). The van der Waals surface area contributed by atoms with Gasteiger partial charge >= 0.3 is 0 Å². The van der Waals surface area contributed by atoms with Gasteiger partial charge in [0.05, 0.1) is 6.61 Å². The fourth-order valence-electron chi connectivity index (χ4n) is 1.98. The van der Waals surface area contributed by atoms with Gasteiger partial charge in [0, 0.05) is 17.7 Å². The van der Waals surface area contributed by atoms with E-state index >= 15 is 0 Å². The zero-order chi connectivity index (χ0) is 15.8. The van der Waals surface area contributed by atoms with Crippen molar-refractivity contribution < 1.29 is 14.3 Å². The molecule has 0 aromatic heterocycles. The summed E-state index contributed by atoms with van der Waals surface area (Å²) >= 11 is 0. The first-order chi connectivity index (χ1) is 10.6. The summed E-state index contributed by atoms with van der Waals surface area (Å²) in [7, 11) is 0. The van der Waals surface area contributed by atoms with Crippen LogP contribution in [-0.4, -0.2) is 18.3 Å². The number of carbonyl (C=O) groups excluding carboxylic acids is 2.